The van der Waals surface area contributed by atoms with Gasteiger partial charge in [0.15, 0.2) is 0 Å². The summed E-state index contributed by atoms with van der Waals surface area (Å²) in [6.45, 7) is 0. The van der Waals surface area contributed by atoms with Crippen LogP contribution in [-0.4, -0.2) is 16.0 Å². The quantitative estimate of drug-likeness (QED) is 0.513. The number of furan rings is 1. The minimum absolute atomic E-state index is 0.311. The molecule has 0 aliphatic rings. The van der Waals surface area contributed by atoms with E-state index in [-0.39, 0.29) is 5.56 Å². The molecule has 0 aliphatic carbocycles. The van der Waals surface area contributed by atoms with Crippen LogP contribution in [0.1, 0.15) is 16.1 Å². The van der Waals surface area contributed by atoms with Crippen LogP contribution in [0, 0.1) is 10.1 Å². The lowest BCUT2D eigenvalue weighted by Gasteiger charge is -2.02. The van der Waals surface area contributed by atoms with Gasteiger partial charge in [0.05, 0.1) is 16.9 Å². The molecule has 0 spiro atoms. The number of nitrogens with zero attached hydrogens (tertiary/aromatic N) is 1. The Morgan fingerprint density at radius 1 is 1.42 bits per heavy atom. The van der Waals surface area contributed by atoms with E-state index in [9.17, 15) is 14.9 Å². The van der Waals surface area contributed by atoms with Crippen LogP contribution in [0.25, 0.3) is 0 Å². The number of nitro benzene ring substituents is 1. The van der Waals surface area contributed by atoms with Gasteiger partial charge in [-0.25, -0.2) is 4.79 Å². The van der Waals surface area contributed by atoms with Crippen LogP contribution < -0.4 is 0 Å². The lowest BCUT2D eigenvalue weighted by molar-refractivity contribution is -0.385. The first-order valence-electron chi connectivity index (χ1n) is 5.25. The largest absolute Gasteiger partial charge is 0.477 e. The SMILES string of the molecule is O=C(O)c1cc(SCc2ccco2)ccc1[N+](=O)[O-]. The maximum atomic E-state index is 11.0. The van der Waals surface area contributed by atoms with Crippen LogP contribution in [0.3, 0.4) is 0 Å². The second kappa shape index (κ2) is 5.57. The number of benzene rings is 1. The van der Waals surface area contributed by atoms with Crippen LogP contribution in [0.4, 0.5) is 5.69 Å². The third-order valence-electron chi connectivity index (χ3n) is 2.36. The van der Waals surface area contributed by atoms with Crippen molar-refractivity contribution in [1.82, 2.24) is 0 Å². The van der Waals surface area contributed by atoms with Crippen LogP contribution in [0.5, 0.6) is 0 Å². The molecule has 0 fully saturated rings. The minimum atomic E-state index is -1.31. The van der Waals surface area contributed by atoms with Crippen molar-refractivity contribution >= 4 is 23.4 Å². The number of thioether (sulfide) groups is 1. The maximum Gasteiger partial charge on any atom is 0.342 e. The van der Waals surface area contributed by atoms with Gasteiger partial charge in [0.1, 0.15) is 11.3 Å². The Hall–Kier alpha value is -2.28. The average Bonchev–Trinajstić information content (AvgIpc) is 2.88. The topological polar surface area (TPSA) is 93.6 Å². The highest BCUT2D eigenvalue weighted by Crippen LogP contribution is 2.28. The number of carboxylic acids is 1. The van der Waals surface area contributed by atoms with Gasteiger partial charge >= 0.3 is 5.97 Å². The van der Waals surface area contributed by atoms with Gasteiger partial charge in [-0.05, 0) is 24.3 Å². The molecule has 0 unspecified atom stereocenters. The van der Waals surface area contributed by atoms with E-state index in [1.54, 1.807) is 18.4 Å². The summed E-state index contributed by atoms with van der Waals surface area (Å²) in [5.41, 5.74) is -0.718. The molecule has 0 radical (unpaired) electrons. The van der Waals surface area contributed by atoms with Gasteiger partial charge in [-0.2, -0.15) is 0 Å². The number of carboxylic acid groups (broad SMARTS) is 1. The third kappa shape index (κ3) is 3.14. The molecule has 0 saturated carbocycles. The molecule has 2 rings (SSSR count). The van der Waals surface area contributed by atoms with Crippen LogP contribution in [0.2, 0.25) is 0 Å². The number of carbonyl (C=O) groups is 1. The van der Waals surface area contributed by atoms with Gasteiger partial charge < -0.3 is 9.52 Å². The molecule has 0 aliphatic heterocycles. The van der Waals surface area contributed by atoms with Crippen molar-refractivity contribution in [3.05, 3.63) is 58.0 Å². The smallest absolute Gasteiger partial charge is 0.342 e. The predicted molar refractivity (Wildman–Crippen MR) is 68.3 cm³/mol. The monoisotopic (exact) mass is 279 g/mol. The van der Waals surface area contributed by atoms with E-state index in [1.165, 1.54) is 30.0 Å². The van der Waals surface area contributed by atoms with Crippen molar-refractivity contribution < 1.29 is 19.2 Å². The molecular formula is C12H9NO5S. The number of hydrogen-bond acceptors (Lipinski definition) is 5. The van der Waals surface area contributed by atoms with Crippen molar-refractivity contribution in [2.75, 3.05) is 0 Å². The third-order valence-corrected chi connectivity index (χ3v) is 3.37. The fraction of sp³-hybridized carbons (Fsp3) is 0.0833. The molecule has 0 atom stereocenters. The van der Waals surface area contributed by atoms with E-state index in [0.717, 1.165) is 5.76 Å². The van der Waals surface area contributed by atoms with Crippen LogP contribution in [-0.2, 0) is 5.75 Å². The van der Waals surface area contributed by atoms with Gasteiger partial charge in [0.25, 0.3) is 5.69 Å². The maximum absolute atomic E-state index is 11.0. The first-order valence-corrected chi connectivity index (χ1v) is 6.23. The zero-order valence-electron chi connectivity index (χ0n) is 9.61. The average molecular weight is 279 g/mol. The summed E-state index contributed by atoms with van der Waals surface area (Å²) in [6.07, 6.45) is 1.55. The predicted octanol–water partition coefficient (Wildman–Crippen LogP) is 3.18. The normalized spacial score (nSPS) is 10.3. The molecule has 0 amide bonds. The molecule has 1 aromatic carbocycles. The van der Waals surface area contributed by atoms with Crippen molar-refractivity contribution in [2.24, 2.45) is 0 Å². The Balaban J connectivity index is 2.20. The van der Waals surface area contributed by atoms with Gasteiger partial charge in [0.2, 0.25) is 0 Å². The Kier molecular flexibility index (Phi) is 3.86. The summed E-state index contributed by atoms with van der Waals surface area (Å²) < 4.78 is 5.15. The van der Waals surface area contributed by atoms with Crippen LogP contribution in [0.15, 0.2) is 45.9 Å². The summed E-state index contributed by atoms with van der Waals surface area (Å²) in [4.78, 5) is 21.6. The highest BCUT2D eigenvalue weighted by Gasteiger charge is 2.20. The number of hydrogen-bond donors (Lipinski definition) is 1. The standard InChI is InChI=1S/C12H9NO5S/c14-12(15)10-6-9(3-4-11(10)13(16)17)19-7-8-2-1-5-18-8/h1-6H,7H2,(H,14,15). The molecule has 6 nitrogen and oxygen atoms in total. The molecule has 0 saturated heterocycles. The van der Waals surface area contributed by atoms with Crippen molar-refractivity contribution in [2.45, 2.75) is 10.6 Å². The molecule has 1 aromatic heterocycles. The van der Waals surface area contributed by atoms with Crippen molar-refractivity contribution in [1.29, 1.82) is 0 Å². The summed E-state index contributed by atoms with van der Waals surface area (Å²) in [5.74, 6) is -0.0310. The van der Waals surface area contributed by atoms with E-state index in [1.807, 2.05) is 0 Å². The van der Waals surface area contributed by atoms with E-state index in [4.69, 9.17) is 9.52 Å². The molecule has 1 N–H and O–H groups in total. The van der Waals surface area contributed by atoms with Crippen molar-refractivity contribution in [3.63, 3.8) is 0 Å². The Morgan fingerprint density at radius 2 is 2.21 bits per heavy atom. The Morgan fingerprint density at radius 3 is 2.79 bits per heavy atom. The van der Waals surface area contributed by atoms with E-state index < -0.39 is 16.6 Å². The van der Waals surface area contributed by atoms with Gasteiger partial charge in [0, 0.05) is 11.0 Å². The second-order valence-corrected chi connectivity index (χ2v) is 4.66. The molecule has 98 valence electrons. The fourth-order valence-electron chi connectivity index (χ4n) is 1.48. The summed E-state index contributed by atoms with van der Waals surface area (Å²) in [6, 6.07) is 7.59. The van der Waals surface area contributed by atoms with Gasteiger partial charge in [-0.15, -0.1) is 11.8 Å². The van der Waals surface area contributed by atoms with Gasteiger partial charge in [-0.1, -0.05) is 0 Å². The molecule has 0 bridgehead atoms. The number of aromatic carboxylic acids is 1. The highest BCUT2D eigenvalue weighted by molar-refractivity contribution is 7.98. The molecule has 2 aromatic rings. The first-order chi connectivity index (χ1) is 9.08. The number of nitro groups is 1. The highest BCUT2D eigenvalue weighted by atomic mass is 32.2. The minimum Gasteiger partial charge on any atom is -0.477 e. The Bertz CT molecular complexity index is 609. The summed E-state index contributed by atoms with van der Waals surface area (Å²) in [7, 11) is 0. The number of rotatable bonds is 5. The fourth-order valence-corrected chi connectivity index (χ4v) is 2.32. The van der Waals surface area contributed by atoms with E-state index >= 15 is 0 Å². The molecule has 1 heterocycles. The zero-order chi connectivity index (χ0) is 13.8. The zero-order valence-corrected chi connectivity index (χ0v) is 10.4. The van der Waals surface area contributed by atoms with Crippen LogP contribution >= 0.6 is 11.8 Å². The Labute approximate surface area is 112 Å². The van der Waals surface area contributed by atoms with E-state index in [2.05, 4.69) is 0 Å². The second-order valence-electron chi connectivity index (χ2n) is 3.61. The van der Waals surface area contributed by atoms with Gasteiger partial charge in [-0.3, -0.25) is 10.1 Å². The molecular weight excluding hydrogens is 270 g/mol. The van der Waals surface area contributed by atoms with E-state index in [0.29, 0.717) is 10.6 Å². The summed E-state index contributed by atoms with van der Waals surface area (Å²) in [5, 5.41) is 19.7. The lowest BCUT2D eigenvalue weighted by atomic mass is 10.2. The lowest BCUT2D eigenvalue weighted by Crippen LogP contribution is -2.02. The first kappa shape index (κ1) is 13.2. The summed E-state index contributed by atoms with van der Waals surface area (Å²) >= 11 is 1.35. The molecule has 7 heteroatoms. The van der Waals surface area contributed by atoms with Crippen molar-refractivity contribution in [3.8, 4) is 0 Å². The molecule has 19 heavy (non-hydrogen) atoms.